The first-order valence-corrected chi connectivity index (χ1v) is 6.89. The minimum Gasteiger partial charge on any atom is -0.494 e. The van der Waals surface area contributed by atoms with E-state index in [-0.39, 0.29) is 24.2 Å². The van der Waals surface area contributed by atoms with Crippen LogP contribution in [-0.4, -0.2) is 36.4 Å². The molecule has 1 aromatic rings. The van der Waals surface area contributed by atoms with Crippen LogP contribution in [0, 0.1) is 5.92 Å². The summed E-state index contributed by atoms with van der Waals surface area (Å²) in [5.74, 6) is 0.145. The lowest BCUT2D eigenvalue weighted by molar-refractivity contribution is -0.128. The number of hydrogen-bond acceptors (Lipinski definition) is 3. The van der Waals surface area contributed by atoms with Crippen molar-refractivity contribution in [2.24, 2.45) is 11.7 Å². The second kappa shape index (κ2) is 6.41. The largest absolute Gasteiger partial charge is 0.494 e. The number of nitrogens with zero attached hydrogens (tertiary/aromatic N) is 1. The van der Waals surface area contributed by atoms with Crippen LogP contribution in [0.4, 0.5) is 0 Å². The van der Waals surface area contributed by atoms with Crippen molar-refractivity contribution in [3.8, 4) is 5.75 Å². The standard InChI is InChI=1S/C15H20N2O3/c1-2-20-13-5-3-11(4-6-13)7-8-17-10-12(15(16)19)9-14(17)18/h3-6,12H,2,7-10H2,1H3,(H2,16,19). The molecule has 2 amide bonds. The summed E-state index contributed by atoms with van der Waals surface area (Å²) in [6, 6.07) is 7.85. The van der Waals surface area contributed by atoms with Gasteiger partial charge in [-0.05, 0) is 31.0 Å². The third-order valence-electron chi connectivity index (χ3n) is 3.52. The summed E-state index contributed by atoms with van der Waals surface area (Å²) in [7, 11) is 0. The SMILES string of the molecule is CCOc1ccc(CCN2CC(C(N)=O)CC2=O)cc1. The number of amides is 2. The topological polar surface area (TPSA) is 72.6 Å². The van der Waals surface area contributed by atoms with Gasteiger partial charge in [-0.3, -0.25) is 9.59 Å². The van der Waals surface area contributed by atoms with E-state index in [4.69, 9.17) is 10.5 Å². The van der Waals surface area contributed by atoms with Crippen LogP contribution < -0.4 is 10.5 Å². The van der Waals surface area contributed by atoms with Gasteiger partial charge < -0.3 is 15.4 Å². The molecule has 5 heteroatoms. The Hall–Kier alpha value is -2.04. The zero-order valence-corrected chi connectivity index (χ0v) is 11.7. The lowest BCUT2D eigenvalue weighted by Gasteiger charge is -2.16. The number of likely N-dealkylation sites (tertiary alicyclic amines) is 1. The van der Waals surface area contributed by atoms with Gasteiger partial charge in [0.25, 0.3) is 0 Å². The third kappa shape index (κ3) is 3.50. The maximum atomic E-state index is 11.7. The molecular formula is C15H20N2O3. The molecule has 0 bridgehead atoms. The van der Waals surface area contributed by atoms with E-state index in [1.165, 1.54) is 0 Å². The normalized spacial score (nSPS) is 18.4. The summed E-state index contributed by atoms with van der Waals surface area (Å²) >= 11 is 0. The van der Waals surface area contributed by atoms with Crippen LogP contribution in [0.5, 0.6) is 5.75 Å². The van der Waals surface area contributed by atoms with E-state index in [1.807, 2.05) is 31.2 Å². The fourth-order valence-corrected chi connectivity index (χ4v) is 2.36. The van der Waals surface area contributed by atoms with Crippen LogP contribution in [0.3, 0.4) is 0 Å². The summed E-state index contributed by atoms with van der Waals surface area (Å²) in [6.45, 7) is 3.67. The minimum absolute atomic E-state index is 0.0136. The van der Waals surface area contributed by atoms with Gasteiger partial charge in [0.1, 0.15) is 5.75 Å². The fourth-order valence-electron chi connectivity index (χ4n) is 2.36. The van der Waals surface area contributed by atoms with Crippen molar-refractivity contribution < 1.29 is 14.3 Å². The van der Waals surface area contributed by atoms with Crippen LogP contribution in [0.2, 0.25) is 0 Å². The molecule has 0 spiro atoms. The van der Waals surface area contributed by atoms with Gasteiger partial charge in [0.15, 0.2) is 0 Å². The van der Waals surface area contributed by atoms with E-state index in [1.54, 1.807) is 4.90 Å². The molecule has 1 aliphatic heterocycles. The lowest BCUT2D eigenvalue weighted by Crippen LogP contribution is -2.30. The fraction of sp³-hybridized carbons (Fsp3) is 0.467. The van der Waals surface area contributed by atoms with Gasteiger partial charge in [-0.15, -0.1) is 0 Å². The van der Waals surface area contributed by atoms with Crippen molar-refractivity contribution in [3.05, 3.63) is 29.8 Å². The number of carbonyl (C=O) groups excluding carboxylic acids is 2. The van der Waals surface area contributed by atoms with Crippen LogP contribution >= 0.6 is 0 Å². The minimum atomic E-state index is -0.387. The van der Waals surface area contributed by atoms with Gasteiger partial charge in [0, 0.05) is 19.5 Å². The molecule has 2 N–H and O–H groups in total. The number of ether oxygens (including phenoxy) is 1. The van der Waals surface area contributed by atoms with E-state index in [9.17, 15) is 9.59 Å². The molecule has 1 fully saturated rings. The number of rotatable bonds is 6. The molecule has 0 radical (unpaired) electrons. The molecule has 1 aromatic carbocycles. The number of hydrogen-bond donors (Lipinski definition) is 1. The van der Waals surface area contributed by atoms with Crippen LogP contribution in [0.25, 0.3) is 0 Å². The lowest BCUT2D eigenvalue weighted by atomic mass is 10.1. The number of nitrogens with two attached hydrogens (primary N) is 1. The van der Waals surface area contributed by atoms with Crippen molar-refractivity contribution in [3.63, 3.8) is 0 Å². The molecule has 5 nitrogen and oxygen atoms in total. The molecule has 1 atom stereocenters. The first kappa shape index (κ1) is 14.4. The smallest absolute Gasteiger partial charge is 0.223 e. The Kier molecular flexibility index (Phi) is 4.61. The van der Waals surface area contributed by atoms with Crippen molar-refractivity contribution in [2.45, 2.75) is 19.8 Å². The van der Waals surface area contributed by atoms with Gasteiger partial charge in [-0.1, -0.05) is 12.1 Å². The molecule has 0 aliphatic carbocycles. The second-order valence-electron chi connectivity index (χ2n) is 4.97. The van der Waals surface area contributed by atoms with Crippen molar-refractivity contribution >= 4 is 11.8 Å². The predicted molar refractivity (Wildman–Crippen MR) is 75.2 cm³/mol. The highest BCUT2D eigenvalue weighted by atomic mass is 16.5. The Balaban J connectivity index is 1.86. The first-order chi connectivity index (χ1) is 9.60. The number of benzene rings is 1. The van der Waals surface area contributed by atoms with Crippen molar-refractivity contribution in [2.75, 3.05) is 19.7 Å². The number of carbonyl (C=O) groups is 2. The van der Waals surface area contributed by atoms with E-state index >= 15 is 0 Å². The van der Waals surface area contributed by atoms with Crippen molar-refractivity contribution in [1.82, 2.24) is 4.90 Å². The molecule has 1 heterocycles. The summed E-state index contributed by atoms with van der Waals surface area (Å²) in [5, 5.41) is 0. The third-order valence-corrected chi connectivity index (χ3v) is 3.52. The molecule has 1 saturated heterocycles. The molecule has 1 unspecified atom stereocenters. The Morgan fingerprint density at radius 3 is 2.65 bits per heavy atom. The highest BCUT2D eigenvalue weighted by Crippen LogP contribution is 2.18. The quantitative estimate of drug-likeness (QED) is 0.841. The highest BCUT2D eigenvalue weighted by molar-refractivity contribution is 5.88. The second-order valence-corrected chi connectivity index (χ2v) is 4.97. The van der Waals surface area contributed by atoms with E-state index in [2.05, 4.69) is 0 Å². The predicted octanol–water partition coefficient (Wildman–Crippen LogP) is 0.962. The first-order valence-electron chi connectivity index (χ1n) is 6.89. The molecule has 108 valence electrons. The van der Waals surface area contributed by atoms with Gasteiger partial charge in [-0.2, -0.15) is 0 Å². The molecule has 0 aromatic heterocycles. The Bertz CT molecular complexity index is 484. The Morgan fingerprint density at radius 2 is 2.10 bits per heavy atom. The average molecular weight is 276 g/mol. The van der Waals surface area contributed by atoms with Gasteiger partial charge in [0.2, 0.25) is 11.8 Å². The molecule has 0 saturated carbocycles. The molecular weight excluding hydrogens is 256 g/mol. The van der Waals surface area contributed by atoms with E-state index in [0.717, 1.165) is 17.7 Å². The van der Waals surface area contributed by atoms with Crippen LogP contribution in [0.15, 0.2) is 24.3 Å². The van der Waals surface area contributed by atoms with Gasteiger partial charge >= 0.3 is 0 Å². The zero-order valence-electron chi connectivity index (χ0n) is 11.7. The van der Waals surface area contributed by atoms with E-state index in [0.29, 0.717) is 19.7 Å². The summed E-state index contributed by atoms with van der Waals surface area (Å²) < 4.78 is 5.38. The summed E-state index contributed by atoms with van der Waals surface area (Å²) in [5.41, 5.74) is 6.39. The maximum Gasteiger partial charge on any atom is 0.223 e. The average Bonchev–Trinajstić information content (AvgIpc) is 2.80. The highest BCUT2D eigenvalue weighted by Gasteiger charge is 2.32. The van der Waals surface area contributed by atoms with Crippen LogP contribution in [-0.2, 0) is 16.0 Å². The monoisotopic (exact) mass is 276 g/mol. The van der Waals surface area contributed by atoms with Gasteiger partial charge in [0.05, 0.1) is 12.5 Å². The zero-order chi connectivity index (χ0) is 14.5. The molecule has 1 aliphatic rings. The molecule has 20 heavy (non-hydrogen) atoms. The Labute approximate surface area is 118 Å². The Morgan fingerprint density at radius 1 is 1.40 bits per heavy atom. The van der Waals surface area contributed by atoms with Crippen molar-refractivity contribution in [1.29, 1.82) is 0 Å². The van der Waals surface area contributed by atoms with Crippen LogP contribution in [0.1, 0.15) is 18.9 Å². The van der Waals surface area contributed by atoms with E-state index < -0.39 is 0 Å². The maximum absolute atomic E-state index is 11.7. The van der Waals surface area contributed by atoms with Gasteiger partial charge in [-0.25, -0.2) is 0 Å². The molecule has 2 rings (SSSR count). The summed E-state index contributed by atoms with van der Waals surface area (Å²) in [4.78, 5) is 24.6. The number of primary amides is 1. The summed E-state index contributed by atoms with van der Waals surface area (Å²) in [6.07, 6.45) is 1.02.